The van der Waals surface area contributed by atoms with Crippen LogP contribution in [0, 0.1) is 0 Å². The molecule has 17 heavy (non-hydrogen) atoms. The van der Waals surface area contributed by atoms with Gasteiger partial charge in [-0.1, -0.05) is 31.8 Å². The SMILES string of the molecule is C[Si](C)(C)CCSCc1ccc(C(N)=O)cc1. The fourth-order valence-electron chi connectivity index (χ4n) is 1.33. The maximum absolute atomic E-state index is 10.9. The zero-order valence-electron chi connectivity index (χ0n) is 10.8. The molecule has 1 rings (SSSR count). The topological polar surface area (TPSA) is 43.1 Å². The van der Waals surface area contributed by atoms with Gasteiger partial charge in [0.1, 0.15) is 0 Å². The lowest BCUT2D eigenvalue weighted by Crippen LogP contribution is -2.19. The van der Waals surface area contributed by atoms with Crippen molar-refractivity contribution in [3.05, 3.63) is 35.4 Å². The number of nitrogens with two attached hydrogens (primary N) is 1. The molecule has 0 aliphatic carbocycles. The Hall–Kier alpha value is -0.743. The minimum Gasteiger partial charge on any atom is -0.366 e. The van der Waals surface area contributed by atoms with E-state index in [0.717, 1.165) is 5.75 Å². The van der Waals surface area contributed by atoms with E-state index < -0.39 is 8.07 Å². The van der Waals surface area contributed by atoms with E-state index in [9.17, 15) is 4.79 Å². The Morgan fingerprint density at radius 2 is 1.82 bits per heavy atom. The van der Waals surface area contributed by atoms with Crippen molar-refractivity contribution in [3.63, 3.8) is 0 Å². The van der Waals surface area contributed by atoms with Crippen LogP contribution in [0.25, 0.3) is 0 Å². The van der Waals surface area contributed by atoms with Gasteiger partial charge in [0.2, 0.25) is 5.91 Å². The third kappa shape index (κ3) is 5.93. The Morgan fingerprint density at radius 1 is 1.24 bits per heavy atom. The predicted molar refractivity (Wildman–Crippen MR) is 79.3 cm³/mol. The van der Waals surface area contributed by atoms with Crippen LogP contribution in [0.2, 0.25) is 25.7 Å². The van der Waals surface area contributed by atoms with Gasteiger partial charge in [-0.2, -0.15) is 11.8 Å². The van der Waals surface area contributed by atoms with Gasteiger partial charge in [-0.05, 0) is 29.5 Å². The highest BCUT2D eigenvalue weighted by Crippen LogP contribution is 2.18. The number of primary amides is 1. The highest BCUT2D eigenvalue weighted by Gasteiger charge is 2.11. The molecule has 2 N–H and O–H groups in total. The first kappa shape index (κ1) is 14.3. The summed E-state index contributed by atoms with van der Waals surface area (Å²) < 4.78 is 0. The van der Waals surface area contributed by atoms with E-state index in [2.05, 4.69) is 19.6 Å². The smallest absolute Gasteiger partial charge is 0.248 e. The van der Waals surface area contributed by atoms with E-state index in [1.54, 1.807) is 12.1 Å². The molecule has 0 radical (unpaired) electrons. The van der Waals surface area contributed by atoms with Crippen LogP contribution in [0.5, 0.6) is 0 Å². The van der Waals surface area contributed by atoms with Gasteiger partial charge >= 0.3 is 0 Å². The second-order valence-corrected chi connectivity index (χ2v) is 12.2. The second-order valence-electron chi connectivity index (χ2n) is 5.42. The number of amides is 1. The molecule has 94 valence electrons. The summed E-state index contributed by atoms with van der Waals surface area (Å²) in [6, 6.07) is 8.94. The maximum Gasteiger partial charge on any atom is 0.248 e. The molecule has 1 aromatic rings. The van der Waals surface area contributed by atoms with Crippen LogP contribution in [0.3, 0.4) is 0 Å². The molecule has 0 saturated heterocycles. The summed E-state index contributed by atoms with van der Waals surface area (Å²) in [6.07, 6.45) is 0. The number of hydrogen-bond donors (Lipinski definition) is 1. The van der Waals surface area contributed by atoms with Gasteiger partial charge in [0.05, 0.1) is 0 Å². The molecule has 1 amide bonds. The van der Waals surface area contributed by atoms with Crippen LogP contribution < -0.4 is 5.73 Å². The Balaban J connectivity index is 2.35. The van der Waals surface area contributed by atoms with Crippen molar-refractivity contribution in [2.45, 2.75) is 31.4 Å². The predicted octanol–water partition coefficient (Wildman–Crippen LogP) is 3.36. The number of benzene rings is 1. The fourth-order valence-corrected chi connectivity index (χ4v) is 4.93. The van der Waals surface area contributed by atoms with Crippen LogP contribution in [0.1, 0.15) is 15.9 Å². The first-order valence-electron chi connectivity index (χ1n) is 5.85. The van der Waals surface area contributed by atoms with Gasteiger partial charge in [-0.15, -0.1) is 0 Å². The van der Waals surface area contributed by atoms with E-state index in [0.29, 0.717) is 5.56 Å². The van der Waals surface area contributed by atoms with E-state index in [4.69, 9.17) is 5.73 Å². The third-order valence-electron chi connectivity index (χ3n) is 2.50. The van der Waals surface area contributed by atoms with Crippen molar-refractivity contribution < 1.29 is 4.79 Å². The zero-order chi connectivity index (χ0) is 12.9. The van der Waals surface area contributed by atoms with Crippen LogP contribution in [0.4, 0.5) is 0 Å². The largest absolute Gasteiger partial charge is 0.366 e. The van der Waals surface area contributed by atoms with Gasteiger partial charge in [0.25, 0.3) is 0 Å². The summed E-state index contributed by atoms with van der Waals surface area (Å²) in [5, 5.41) is 0. The van der Waals surface area contributed by atoms with E-state index in [-0.39, 0.29) is 5.91 Å². The highest BCUT2D eigenvalue weighted by atomic mass is 32.2. The van der Waals surface area contributed by atoms with Crippen molar-refractivity contribution >= 4 is 25.7 Å². The van der Waals surface area contributed by atoms with Gasteiger partial charge in [-0.25, -0.2) is 0 Å². The standard InChI is InChI=1S/C13H21NOSSi/c1-17(2,3)9-8-16-10-11-4-6-12(7-5-11)13(14)15/h4-7H,8-10H2,1-3H3,(H2,14,15). The molecular weight excluding hydrogens is 246 g/mol. The van der Waals surface area contributed by atoms with Crippen molar-refractivity contribution in [2.24, 2.45) is 5.73 Å². The molecule has 4 heteroatoms. The van der Waals surface area contributed by atoms with Crippen molar-refractivity contribution in [1.29, 1.82) is 0 Å². The molecule has 0 aliphatic heterocycles. The van der Waals surface area contributed by atoms with Gasteiger partial charge < -0.3 is 5.73 Å². The van der Waals surface area contributed by atoms with Crippen LogP contribution in [-0.4, -0.2) is 19.7 Å². The normalized spacial score (nSPS) is 11.5. The van der Waals surface area contributed by atoms with Gasteiger partial charge in [0, 0.05) is 19.4 Å². The van der Waals surface area contributed by atoms with Crippen molar-refractivity contribution in [2.75, 3.05) is 5.75 Å². The molecule has 0 spiro atoms. The number of rotatable bonds is 6. The molecule has 0 aromatic heterocycles. The summed E-state index contributed by atoms with van der Waals surface area (Å²) in [5.74, 6) is 1.89. The van der Waals surface area contributed by atoms with Gasteiger partial charge in [0.15, 0.2) is 0 Å². The Labute approximate surface area is 109 Å². The summed E-state index contributed by atoms with van der Waals surface area (Å²) >= 11 is 1.97. The van der Waals surface area contributed by atoms with E-state index >= 15 is 0 Å². The average molecular weight is 267 g/mol. The quantitative estimate of drug-likeness (QED) is 0.634. The summed E-state index contributed by atoms with van der Waals surface area (Å²) in [4.78, 5) is 10.9. The Morgan fingerprint density at radius 3 is 2.29 bits per heavy atom. The molecule has 0 atom stereocenters. The van der Waals surface area contributed by atoms with Crippen molar-refractivity contribution in [3.8, 4) is 0 Å². The molecule has 1 aromatic carbocycles. The van der Waals surface area contributed by atoms with Crippen LogP contribution in [-0.2, 0) is 5.75 Å². The van der Waals surface area contributed by atoms with Gasteiger partial charge in [-0.3, -0.25) is 4.79 Å². The molecule has 0 heterocycles. The number of carbonyl (C=O) groups is 1. The van der Waals surface area contributed by atoms with E-state index in [1.165, 1.54) is 17.4 Å². The second kappa shape index (κ2) is 6.26. The number of thioether (sulfide) groups is 1. The average Bonchev–Trinajstić information content (AvgIpc) is 2.24. The monoisotopic (exact) mass is 267 g/mol. The molecule has 0 unspecified atom stereocenters. The minimum absolute atomic E-state index is 0.358. The number of hydrogen-bond acceptors (Lipinski definition) is 2. The molecule has 0 aliphatic rings. The lowest BCUT2D eigenvalue weighted by atomic mass is 10.1. The minimum atomic E-state index is -0.901. The lowest BCUT2D eigenvalue weighted by molar-refractivity contribution is 0.100. The van der Waals surface area contributed by atoms with Crippen molar-refractivity contribution in [1.82, 2.24) is 0 Å². The summed E-state index contributed by atoms with van der Waals surface area (Å²) in [5.41, 5.74) is 7.04. The summed E-state index contributed by atoms with van der Waals surface area (Å²) in [7, 11) is -0.901. The molecule has 0 fully saturated rings. The molecule has 0 bridgehead atoms. The van der Waals surface area contributed by atoms with Crippen LogP contribution >= 0.6 is 11.8 Å². The number of carbonyl (C=O) groups excluding carboxylic acids is 1. The molecular formula is C13H21NOSSi. The first-order valence-corrected chi connectivity index (χ1v) is 10.7. The third-order valence-corrected chi connectivity index (χ3v) is 5.65. The Kier molecular flexibility index (Phi) is 5.27. The molecule has 0 saturated carbocycles. The zero-order valence-corrected chi connectivity index (χ0v) is 12.6. The van der Waals surface area contributed by atoms with Crippen LogP contribution in [0.15, 0.2) is 24.3 Å². The Bertz CT molecular complexity index is 370. The molecule has 2 nitrogen and oxygen atoms in total. The highest BCUT2D eigenvalue weighted by molar-refractivity contribution is 7.98. The lowest BCUT2D eigenvalue weighted by Gasteiger charge is -2.14. The summed E-state index contributed by atoms with van der Waals surface area (Å²) in [6.45, 7) is 7.19. The maximum atomic E-state index is 10.9. The first-order chi connectivity index (χ1) is 7.88. The van der Waals surface area contributed by atoms with E-state index in [1.807, 2.05) is 23.9 Å². The fraction of sp³-hybridized carbons (Fsp3) is 0.462.